The number of hydrogen-bond donors (Lipinski definition) is 2. The quantitative estimate of drug-likeness (QED) is 0.725. The first-order chi connectivity index (χ1) is 8.36. The van der Waals surface area contributed by atoms with Crippen LogP contribution in [0.2, 0.25) is 0 Å². The summed E-state index contributed by atoms with van der Waals surface area (Å²) in [5, 5.41) is 10.8. The normalized spacial score (nSPS) is 11.7. The van der Waals surface area contributed by atoms with Gasteiger partial charge in [-0.3, -0.25) is 14.9 Å². The van der Waals surface area contributed by atoms with Crippen molar-refractivity contribution in [1.29, 1.82) is 0 Å². The minimum Gasteiger partial charge on any atom is -0.481 e. The molecule has 7 heteroatoms. The van der Waals surface area contributed by atoms with Crippen molar-refractivity contribution < 1.29 is 19.5 Å². The van der Waals surface area contributed by atoms with Gasteiger partial charge >= 0.3 is 12.0 Å². The number of carboxylic acids is 1. The van der Waals surface area contributed by atoms with Gasteiger partial charge in [-0.05, 0) is 12.2 Å². The molecular formula is C11H20N2O4S. The van der Waals surface area contributed by atoms with E-state index in [9.17, 15) is 14.4 Å². The van der Waals surface area contributed by atoms with E-state index in [1.807, 2.05) is 6.26 Å². The summed E-state index contributed by atoms with van der Waals surface area (Å²) in [6.45, 7) is 2.22. The van der Waals surface area contributed by atoms with Crippen molar-refractivity contribution in [2.75, 3.05) is 25.6 Å². The topological polar surface area (TPSA) is 86.7 Å². The van der Waals surface area contributed by atoms with Crippen molar-refractivity contribution in [3.05, 3.63) is 0 Å². The molecule has 18 heavy (non-hydrogen) atoms. The standard InChI is InChI=1S/C11H20N2O4S/c1-8(7-10(15)16)6-9(14)12-11(17)13(2)4-5-18-3/h8H,4-7H2,1-3H3,(H,15,16)(H,12,14,17). The number of carbonyl (C=O) groups excluding carboxylic acids is 2. The van der Waals surface area contributed by atoms with Gasteiger partial charge in [0.1, 0.15) is 0 Å². The van der Waals surface area contributed by atoms with E-state index >= 15 is 0 Å². The van der Waals surface area contributed by atoms with E-state index in [1.54, 1.807) is 25.7 Å². The Labute approximate surface area is 111 Å². The molecular weight excluding hydrogens is 256 g/mol. The molecule has 0 saturated carbocycles. The molecule has 0 rings (SSSR count). The van der Waals surface area contributed by atoms with Crippen molar-refractivity contribution in [3.8, 4) is 0 Å². The highest BCUT2D eigenvalue weighted by Gasteiger charge is 2.16. The van der Waals surface area contributed by atoms with Crippen LogP contribution in [0.5, 0.6) is 0 Å². The predicted molar refractivity (Wildman–Crippen MR) is 70.6 cm³/mol. The fourth-order valence-corrected chi connectivity index (χ4v) is 1.74. The summed E-state index contributed by atoms with van der Waals surface area (Å²) in [5.41, 5.74) is 0. The predicted octanol–water partition coefficient (Wildman–Crippen LogP) is 1.02. The van der Waals surface area contributed by atoms with Crippen LogP contribution in [0.15, 0.2) is 0 Å². The number of nitrogens with one attached hydrogen (secondary N) is 1. The largest absolute Gasteiger partial charge is 0.481 e. The number of urea groups is 1. The molecule has 2 N–H and O–H groups in total. The third kappa shape index (κ3) is 7.94. The van der Waals surface area contributed by atoms with Gasteiger partial charge in [-0.2, -0.15) is 11.8 Å². The monoisotopic (exact) mass is 276 g/mol. The third-order valence-corrected chi connectivity index (χ3v) is 2.87. The summed E-state index contributed by atoms with van der Waals surface area (Å²) in [4.78, 5) is 34.9. The number of thioether (sulfide) groups is 1. The van der Waals surface area contributed by atoms with Gasteiger partial charge in [-0.1, -0.05) is 6.92 Å². The van der Waals surface area contributed by atoms with E-state index < -0.39 is 17.9 Å². The Morgan fingerprint density at radius 3 is 2.44 bits per heavy atom. The molecule has 0 fully saturated rings. The van der Waals surface area contributed by atoms with Gasteiger partial charge in [0.25, 0.3) is 0 Å². The molecule has 0 spiro atoms. The average molecular weight is 276 g/mol. The molecule has 1 unspecified atom stereocenters. The molecule has 3 amide bonds. The molecule has 0 aromatic carbocycles. The molecule has 0 aliphatic carbocycles. The Kier molecular flexibility index (Phi) is 8.19. The minimum absolute atomic E-state index is 0.0361. The first-order valence-corrected chi connectivity index (χ1v) is 7.01. The van der Waals surface area contributed by atoms with Crippen LogP contribution in [0.25, 0.3) is 0 Å². The van der Waals surface area contributed by atoms with E-state index in [0.29, 0.717) is 6.54 Å². The van der Waals surface area contributed by atoms with Crippen molar-refractivity contribution >= 4 is 29.7 Å². The van der Waals surface area contributed by atoms with Gasteiger partial charge in [-0.15, -0.1) is 0 Å². The molecule has 0 radical (unpaired) electrons. The van der Waals surface area contributed by atoms with Crippen LogP contribution < -0.4 is 5.32 Å². The Balaban J connectivity index is 4.00. The SMILES string of the molecule is CSCCN(C)C(=O)NC(=O)CC(C)CC(=O)O. The molecule has 6 nitrogen and oxygen atoms in total. The van der Waals surface area contributed by atoms with E-state index in [2.05, 4.69) is 5.32 Å². The van der Waals surface area contributed by atoms with E-state index in [0.717, 1.165) is 5.75 Å². The Morgan fingerprint density at radius 2 is 1.94 bits per heavy atom. The van der Waals surface area contributed by atoms with Gasteiger partial charge < -0.3 is 10.0 Å². The average Bonchev–Trinajstić information content (AvgIpc) is 2.23. The summed E-state index contributed by atoms with van der Waals surface area (Å²) in [5.74, 6) is -0.872. The number of imide groups is 1. The minimum atomic E-state index is -0.946. The smallest absolute Gasteiger partial charge is 0.323 e. The highest BCUT2D eigenvalue weighted by Crippen LogP contribution is 2.06. The molecule has 0 bridgehead atoms. The van der Waals surface area contributed by atoms with Crippen LogP contribution >= 0.6 is 11.8 Å². The van der Waals surface area contributed by atoms with Crippen LogP contribution in [0, 0.1) is 5.92 Å². The van der Waals surface area contributed by atoms with Crippen LogP contribution in [0.4, 0.5) is 4.79 Å². The number of rotatable bonds is 7. The highest BCUT2D eigenvalue weighted by atomic mass is 32.2. The van der Waals surface area contributed by atoms with E-state index in [-0.39, 0.29) is 18.8 Å². The first-order valence-electron chi connectivity index (χ1n) is 5.62. The fourth-order valence-electron chi connectivity index (χ4n) is 1.28. The van der Waals surface area contributed by atoms with Gasteiger partial charge in [-0.25, -0.2) is 4.79 Å². The number of aliphatic carboxylic acids is 1. The Hall–Kier alpha value is -1.24. The molecule has 0 heterocycles. The van der Waals surface area contributed by atoms with E-state index in [1.165, 1.54) is 4.90 Å². The van der Waals surface area contributed by atoms with Crippen molar-refractivity contribution in [3.63, 3.8) is 0 Å². The zero-order valence-corrected chi connectivity index (χ0v) is 11.7. The maximum absolute atomic E-state index is 11.5. The lowest BCUT2D eigenvalue weighted by molar-refractivity contribution is -0.138. The Morgan fingerprint density at radius 1 is 1.33 bits per heavy atom. The van der Waals surface area contributed by atoms with Gasteiger partial charge in [0.05, 0.1) is 0 Å². The third-order valence-electron chi connectivity index (χ3n) is 2.28. The summed E-state index contributed by atoms with van der Waals surface area (Å²) in [7, 11) is 1.61. The molecule has 0 aromatic heterocycles. The lowest BCUT2D eigenvalue weighted by Crippen LogP contribution is -2.42. The summed E-state index contributed by atoms with van der Waals surface area (Å²) < 4.78 is 0. The first kappa shape index (κ1) is 16.8. The second kappa shape index (κ2) is 8.79. The van der Waals surface area contributed by atoms with Crippen LogP contribution in [0.1, 0.15) is 19.8 Å². The lowest BCUT2D eigenvalue weighted by Gasteiger charge is -2.17. The zero-order valence-electron chi connectivity index (χ0n) is 10.9. The molecule has 0 aliphatic heterocycles. The van der Waals surface area contributed by atoms with Crippen molar-refractivity contribution in [2.24, 2.45) is 5.92 Å². The zero-order chi connectivity index (χ0) is 14.1. The second-order valence-corrected chi connectivity index (χ2v) is 5.16. The molecule has 0 aliphatic rings. The summed E-state index contributed by atoms with van der Waals surface area (Å²) in [6.07, 6.45) is 1.89. The van der Waals surface area contributed by atoms with Crippen molar-refractivity contribution in [2.45, 2.75) is 19.8 Å². The summed E-state index contributed by atoms with van der Waals surface area (Å²) >= 11 is 1.61. The molecule has 0 saturated heterocycles. The number of hydrogen-bond acceptors (Lipinski definition) is 4. The lowest BCUT2D eigenvalue weighted by atomic mass is 10.0. The summed E-state index contributed by atoms with van der Waals surface area (Å²) in [6, 6.07) is -0.448. The van der Waals surface area contributed by atoms with E-state index in [4.69, 9.17) is 5.11 Å². The number of carbonyl (C=O) groups is 3. The molecule has 1 atom stereocenters. The highest BCUT2D eigenvalue weighted by molar-refractivity contribution is 7.98. The maximum Gasteiger partial charge on any atom is 0.323 e. The Bertz CT molecular complexity index is 309. The van der Waals surface area contributed by atoms with Crippen molar-refractivity contribution in [1.82, 2.24) is 10.2 Å². The number of amides is 3. The molecule has 0 aromatic rings. The van der Waals surface area contributed by atoms with Crippen LogP contribution in [0.3, 0.4) is 0 Å². The van der Waals surface area contributed by atoms with Gasteiger partial charge in [0.2, 0.25) is 5.91 Å². The van der Waals surface area contributed by atoms with Gasteiger partial charge in [0, 0.05) is 32.2 Å². The number of nitrogens with zero attached hydrogens (tertiary/aromatic N) is 1. The molecule has 104 valence electrons. The van der Waals surface area contributed by atoms with Gasteiger partial charge in [0.15, 0.2) is 0 Å². The fraction of sp³-hybridized carbons (Fsp3) is 0.727. The maximum atomic E-state index is 11.5. The second-order valence-electron chi connectivity index (χ2n) is 4.17. The number of carboxylic acid groups (broad SMARTS) is 1. The van der Waals surface area contributed by atoms with Crippen LogP contribution in [-0.2, 0) is 9.59 Å². The van der Waals surface area contributed by atoms with Crippen LogP contribution in [-0.4, -0.2) is 53.5 Å².